The van der Waals surface area contributed by atoms with E-state index >= 15 is 0 Å². The molecule has 0 bridgehead atoms. The second-order valence-corrected chi connectivity index (χ2v) is 5.28. The van der Waals surface area contributed by atoms with E-state index in [0.29, 0.717) is 17.1 Å². The van der Waals surface area contributed by atoms with Gasteiger partial charge in [0, 0.05) is 12.6 Å². The van der Waals surface area contributed by atoms with Gasteiger partial charge in [0.05, 0.1) is 0 Å². The molecule has 1 saturated heterocycles. The Labute approximate surface area is 136 Å². The molecule has 1 aromatic carbocycles. The van der Waals surface area contributed by atoms with Crippen LogP contribution in [0.2, 0.25) is 0 Å². The van der Waals surface area contributed by atoms with E-state index in [9.17, 15) is 14.0 Å². The standard InChI is InChI=1S/C16H11FN2O3S/c1-19-15(21)12(14(20)18-16(19)23)8-11-6-7-13(22-11)9-2-4-10(17)5-3-9/h2-8H,1H3,(H,18,20,23)/b12-8+. The maximum atomic E-state index is 12.9. The summed E-state index contributed by atoms with van der Waals surface area (Å²) in [5.74, 6) is -0.573. The summed E-state index contributed by atoms with van der Waals surface area (Å²) in [4.78, 5) is 25.1. The first kappa shape index (κ1) is 15.1. The zero-order valence-corrected chi connectivity index (χ0v) is 12.8. The Bertz CT molecular complexity index is 839. The number of carbonyl (C=O) groups is 2. The van der Waals surface area contributed by atoms with Gasteiger partial charge in [0.2, 0.25) is 0 Å². The van der Waals surface area contributed by atoms with Crippen LogP contribution in [0.1, 0.15) is 5.76 Å². The van der Waals surface area contributed by atoms with Gasteiger partial charge in [-0.15, -0.1) is 0 Å². The lowest BCUT2D eigenvalue weighted by atomic mass is 10.1. The van der Waals surface area contributed by atoms with Gasteiger partial charge in [0.15, 0.2) is 5.11 Å². The van der Waals surface area contributed by atoms with Gasteiger partial charge >= 0.3 is 0 Å². The van der Waals surface area contributed by atoms with Gasteiger partial charge < -0.3 is 4.42 Å². The van der Waals surface area contributed by atoms with Crippen molar-refractivity contribution in [3.8, 4) is 11.3 Å². The van der Waals surface area contributed by atoms with Crippen LogP contribution in [0.15, 0.2) is 46.4 Å². The highest BCUT2D eigenvalue weighted by Gasteiger charge is 2.31. The Morgan fingerprint density at radius 1 is 1.17 bits per heavy atom. The van der Waals surface area contributed by atoms with Crippen LogP contribution in [-0.2, 0) is 9.59 Å². The summed E-state index contributed by atoms with van der Waals surface area (Å²) in [6, 6.07) is 9.11. The van der Waals surface area contributed by atoms with Crippen LogP contribution in [0, 0.1) is 5.82 Å². The average Bonchev–Trinajstić information content (AvgIpc) is 2.99. The van der Waals surface area contributed by atoms with Crippen LogP contribution >= 0.6 is 12.2 Å². The number of rotatable bonds is 2. The summed E-state index contributed by atoms with van der Waals surface area (Å²) in [7, 11) is 1.48. The molecule has 0 aliphatic carbocycles. The maximum Gasteiger partial charge on any atom is 0.265 e. The molecule has 0 saturated carbocycles. The molecule has 116 valence electrons. The minimum Gasteiger partial charge on any atom is -0.457 e. The summed E-state index contributed by atoms with van der Waals surface area (Å²) < 4.78 is 18.5. The smallest absolute Gasteiger partial charge is 0.265 e. The summed E-state index contributed by atoms with van der Waals surface area (Å²) in [6.45, 7) is 0. The quantitative estimate of drug-likeness (QED) is 0.522. The third-order valence-electron chi connectivity index (χ3n) is 3.35. The molecule has 1 aliphatic rings. The van der Waals surface area contributed by atoms with Gasteiger partial charge in [-0.3, -0.25) is 19.8 Å². The molecule has 3 rings (SSSR count). The van der Waals surface area contributed by atoms with Crippen LogP contribution in [0.5, 0.6) is 0 Å². The van der Waals surface area contributed by atoms with Gasteiger partial charge in [0.1, 0.15) is 22.9 Å². The second kappa shape index (κ2) is 5.77. The number of nitrogens with zero attached hydrogens (tertiary/aromatic N) is 1. The lowest BCUT2D eigenvalue weighted by Crippen LogP contribution is -2.52. The number of nitrogens with one attached hydrogen (secondary N) is 1. The molecule has 1 aromatic heterocycles. The second-order valence-electron chi connectivity index (χ2n) is 4.89. The van der Waals surface area contributed by atoms with E-state index in [1.165, 1.54) is 30.2 Å². The van der Waals surface area contributed by atoms with Gasteiger partial charge in [-0.2, -0.15) is 0 Å². The van der Waals surface area contributed by atoms with E-state index in [0.717, 1.165) is 0 Å². The third-order valence-corrected chi connectivity index (χ3v) is 3.72. The van der Waals surface area contributed by atoms with Crippen LogP contribution in [0.4, 0.5) is 4.39 Å². The van der Waals surface area contributed by atoms with Gasteiger partial charge in [-0.05, 0) is 54.7 Å². The van der Waals surface area contributed by atoms with Crippen molar-refractivity contribution in [2.45, 2.75) is 0 Å². The van der Waals surface area contributed by atoms with E-state index in [1.807, 2.05) is 0 Å². The Hall–Kier alpha value is -2.80. The minimum absolute atomic E-state index is 0.0589. The molecular formula is C16H11FN2O3S. The van der Waals surface area contributed by atoms with Gasteiger partial charge in [0.25, 0.3) is 11.8 Å². The van der Waals surface area contributed by atoms with Crippen molar-refractivity contribution in [3.63, 3.8) is 0 Å². The fraction of sp³-hybridized carbons (Fsp3) is 0.0625. The highest BCUT2D eigenvalue weighted by molar-refractivity contribution is 7.80. The van der Waals surface area contributed by atoms with Crippen molar-refractivity contribution in [1.82, 2.24) is 10.2 Å². The number of furan rings is 1. The average molecular weight is 330 g/mol. The molecule has 7 heteroatoms. The number of hydrogen-bond donors (Lipinski definition) is 1. The van der Waals surface area contributed by atoms with Crippen molar-refractivity contribution in [2.75, 3.05) is 7.05 Å². The third kappa shape index (κ3) is 2.91. The maximum absolute atomic E-state index is 12.9. The first-order chi connectivity index (χ1) is 11.0. The normalized spacial score (nSPS) is 16.9. The first-order valence-corrected chi connectivity index (χ1v) is 7.07. The Morgan fingerprint density at radius 3 is 2.57 bits per heavy atom. The summed E-state index contributed by atoms with van der Waals surface area (Å²) in [5, 5.41) is 2.48. The fourth-order valence-corrected chi connectivity index (χ4v) is 2.26. The number of amides is 2. The topological polar surface area (TPSA) is 62.6 Å². The SMILES string of the molecule is CN1C(=O)/C(=C/c2ccc(-c3ccc(F)cc3)o2)C(=O)NC1=S. The van der Waals surface area contributed by atoms with Crippen LogP contribution in [0.25, 0.3) is 17.4 Å². The van der Waals surface area contributed by atoms with Crippen molar-refractivity contribution in [1.29, 1.82) is 0 Å². The monoisotopic (exact) mass is 330 g/mol. The van der Waals surface area contributed by atoms with Crippen LogP contribution in [0.3, 0.4) is 0 Å². The molecular weight excluding hydrogens is 319 g/mol. The number of carbonyl (C=O) groups excluding carboxylic acids is 2. The molecule has 23 heavy (non-hydrogen) atoms. The largest absolute Gasteiger partial charge is 0.457 e. The molecule has 1 aliphatic heterocycles. The van der Waals surface area contributed by atoms with Crippen molar-refractivity contribution < 1.29 is 18.4 Å². The predicted octanol–water partition coefficient (Wildman–Crippen LogP) is 2.34. The molecule has 1 fully saturated rings. The molecule has 1 N–H and O–H groups in total. The van der Waals surface area contributed by atoms with E-state index in [4.69, 9.17) is 16.6 Å². The molecule has 5 nitrogen and oxygen atoms in total. The summed E-state index contributed by atoms with van der Waals surface area (Å²) in [6.07, 6.45) is 1.35. The summed E-state index contributed by atoms with van der Waals surface area (Å²) in [5.41, 5.74) is 0.620. The van der Waals surface area contributed by atoms with E-state index < -0.39 is 11.8 Å². The number of likely N-dealkylation sites (N-methyl/N-ethyl adjacent to an activating group) is 1. The molecule has 2 amide bonds. The highest BCUT2D eigenvalue weighted by atomic mass is 32.1. The molecule has 0 atom stereocenters. The Balaban J connectivity index is 1.91. The molecule has 2 aromatic rings. The zero-order valence-electron chi connectivity index (χ0n) is 12.0. The molecule has 2 heterocycles. The number of thiocarbonyl (C=S) groups is 1. The Kier molecular flexibility index (Phi) is 3.79. The minimum atomic E-state index is -0.571. The van der Waals surface area contributed by atoms with E-state index in [2.05, 4.69) is 5.32 Å². The van der Waals surface area contributed by atoms with Gasteiger partial charge in [-0.25, -0.2) is 4.39 Å². The number of benzene rings is 1. The van der Waals surface area contributed by atoms with Crippen LogP contribution < -0.4 is 5.32 Å². The molecule has 0 unspecified atom stereocenters. The fourth-order valence-electron chi connectivity index (χ4n) is 2.09. The number of hydrogen-bond acceptors (Lipinski definition) is 4. The molecule has 0 spiro atoms. The van der Waals surface area contributed by atoms with Gasteiger partial charge in [-0.1, -0.05) is 0 Å². The lowest BCUT2D eigenvalue weighted by molar-refractivity contribution is -0.128. The first-order valence-electron chi connectivity index (χ1n) is 6.66. The summed E-state index contributed by atoms with van der Waals surface area (Å²) >= 11 is 4.87. The Morgan fingerprint density at radius 2 is 1.87 bits per heavy atom. The van der Waals surface area contributed by atoms with Crippen LogP contribution in [-0.4, -0.2) is 28.9 Å². The predicted molar refractivity (Wildman–Crippen MR) is 85.6 cm³/mol. The van der Waals surface area contributed by atoms with E-state index in [1.54, 1.807) is 24.3 Å². The lowest BCUT2D eigenvalue weighted by Gasteiger charge is -2.24. The van der Waals surface area contributed by atoms with Crippen molar-refractivity contribution in [2.24, 2.45) is 0 Å². The van der Waals surface area contributed by atoms with Crippen molar-refractivity contribution in [3.05, 3.63) is 53.5 Å². The molecule has 0 radical (unpaired) electrons. The zero-order chi connectivity index (χ0) is 16.6. The number of halogens is 1. The van der Waals surface area contributed by atoms with E-state index in [-0.39, 0.29) is 16.5 Å². The highest BCUT2D eigenvalue weighted by Crippen LogP contribution is 2.24. The van der Waals surface area contributed by atoms with Crippen molar-refractivity contribution >= 4 is 35.2 Å².